The van der Waals surface area contributed by atoms with Gasteiger partial charge in [0.15, 0.2) is 5.96 Å². The second-order valence-electron chi connectivity index (χ2n) is 6.29. The van der Waals surface area contributed by atoms with E-state index in [0.29, 0.717) is 18.1 Å². The van der Waals surface area contributed by atoms with Crippen LogP contribution in [0, 0.1) is 12.3 Å². The van der Waals surface area contributed by atoms with Crippen molar-refractivity contribution in [2.45, 2.75) is 51.7 Å². The monoisotopic (exact) mass is 415 g/mol. The van der Waals surface area contributed by atoms with Gasteiger partial charge in [0, 0.05) is 17.7 Å². The zero-order chi connectivity index (χ0) is 14.9. The Bertz CT molecular complexity index is 525. The Morgan fingerprint density at radius 2 is 2.05 bits per heavy atom. The Kier molecular flexibility index (Phi) is 5.71. The fourth-order valence-electron chi connectivity index (χ4n) is 3.57. The standard InChI is InChI=1S/C17H25N3O.HI/c1-3-21-15-11-14(17(15)9-4-10-17)20-16(18)19-13-7-5-12(2)6-8-13;/h5-8,14-15H,3-4,9-11H2,1-2H3,(H3,18,19,20);1H. The second kappa shape index (κ2) is 7.17. The average molecular weight is 415 g/mol. The molecule has 2 saturated carbocycles. The SMILES string of the molecule is CCOC1CC(N=C(N)Nc2ccc(C)cc2)C12CCC2.I. The summed E-state index contributed by atoms with van der Waals surface area (Å²) in [4.78, 5) is 4.71. The first-order chi connectivity index (χ1) is 10.1. The van der Waals surface area contributed by atoms with Gasteiger partial charge in [-0.3, -0.25) is 0 Å². The van der Waals surface area contributed by atoms with E-state index in [1.54, 1.807) is 0 Å². The highest BCUT2D eigenvalue weighted by molar-refractivity contribution is 14.0. The summed E-state index contributed by atoms with van der Waals surface area (Å²) in [5.74, 6) is 0.519. The number of aliphatic imine (C=N–C) groups is 1. The fourth-order valence-corrected chi connectivity index (χ4v) is 3.57. The number of nitrogens with zero attached hydrogens (tertiary/aromatic N) is 1. The number of nitrogens with one attached hydrogen (secondary N) is 1. The van der Waals surface area contributed by atoms with Gasteiger partial charge in [-0.25, -0.2) is 4.99 Å². The molecule has 0 radical (unpaired) electrons. The van der Waals surface area contributed by atoms with Crippen LogP contribution in [0.25, 0.3) is 0 Å². The number of guanidine groups is 1. The maximum Gasteiger partial charge on any atom is 0.193 e. The zero-order valence-electron chi connectivity index (χ0n) is 13.3. The molecule has 2 aliphatic carbocycles. The molecule has 0 amide bonds. The predicted molar refractivity (Wildman–Crippen MR) is 102 cm³/mol. The Morgan fingerprint density at radius 3 is 2.59 bits per heavy atom. The van der Waals surface area contributed by atoms with Crippen molar-refractivity contribution in [2.75, 3.05) is 11.9 Å². The number of hydrogen-bond donors (Lipinski definition) is 2. The Labute approximate surface area is 149 Å². The zero-order valence-corrected chi connectivity index (χ0v) is 15.7. The highest BCUT2D eigenvalue weighted by atomic mass is 127. The largest absolute Gasteiger partial charge is 0.378 e. The van der Waals surface area contributed by atoms with E-state index in [1.807, 2.05) is 12.1 Å². The van der Waals surface area contributed by atoms with Crippen molar-refractivity contribution >= 4 is 35.6 Å². The molecule has 2 fully saturated rings. The third kappa shape index (κ3) is 3.25. The van der Waals surface area contributed by atoms with Crippen molar-refractivity contribution in [1.29, 1.82) is 0 Å². The maximum atomic E-state index is 6.07. The number of benzene rings is 1. The van der Waals surface area contributed by atoms with Crippen molar-refractivity contribution in [3.8, 4) is 0 Å². The summed E-state index contributed by atoms with van der Waals surface area (Å²) in [5, 5.41) is 3.19. The van der Waals surface area contributed by atoms with Crippen LogP contribution in [0.15, 0.2) is 29.3 Å². The molecule has 1 aromatic carbocycles. The molecule has 0 bridgehead atoms. The molecule has 1 aromatic rings. The van der Waals surface area contributed by atoms with E-state index in [4.69, 9.17) is 15.5 Å². The van der Waals surface area contributed by atoms with E-state index in [0.717, 1.165) is 18.7 Å². The lowest BCUT2D eigenvalue weighted by Gasteiger charge is -2.59. The molecule has 2 atom stereocenters. The molecule has 3 rings (SSSR count). The molecule has 122 valence electrons. The molecule has 1 spiro atoms. The average Bonchev–Trinajstić information content (AvgIpc) is 2.38. The Balaban J connectivity index is 0.00000176. The van der Waals surface area contributed by atoms with Crippen LogP contribution in [0.3, 0.4) is 0 Å². The summed E-state index contributed by atoms with van der Waals surface area (Å²) in [6, 6.07) is 8.51. The van der Waals surface area contributed by atoms with Gasteiger partial charge in [0.25, 0.3) is 0 Å². The van der Waals surface area contributed by atoms with Crippen LogP contribution in [0.1, 0.15) is 38.2 Å². The van der Waals surface area contributed by atoms with Gasteiger partial charge < -0.3 is 15.8 Å². The smallest absolute Gasteiger partial charge is 0.193 e. The van der Waals surface area contributed by atoms with E-state index >= 15 is 0 Å². The van der Waals surface area contributed by atoms with Gasteiger partial charge in [0.2, 0.25) is 0 Å². The molecule has 4 nitrogen and oxygen atoms in total. The quantitative estimate of drug-likeness (QED) is 0.448. The highest BCUT2D eigenvalue weighted by Gasteiger charge is 2.59. The first kappa shape index (κ1) is 17.5. The minimum atomic E-state index is 0. The summed E-state index contributed by atoms with van der Waals surface area (Å²) >= 11 is 0. The van der Waals surface area contributed by atoms with Crippen LogP contribution < -0.4 is 11.1 Å². The normalized spacial score (nSPS) is 25.8. The Morgan fingerprint density at radius 1 is 1.36 bits per heavy atom. The van der Waals surface area contributed by atoms with E-state index < -0.39 is 0 Å². The summed E-state index contributed by atoms with van der Waals surface area (Å²) in [6.07, 6.45) is 5.13. The van der Waals surface area contributed by atoms with E-state index in [9.17, 15) is 0 Å². The number of aryl methyl sites for hydroxylation is 1. The van der Waals surface area contributed by atoms with Crippen molar-refractivity contribution in [1.82, 2.24) is 0 Å². The summed E-state index contributed by atoms with van der Waals surface area (Å²) in [5.41, 5.74) is 8.57. The fraction of sp³-hybridized carbons (Fsp3) is 0.588. The number of hydrogen-bond acceptors (Lipinski definition) is 2. The molecule has 5 heteroatoms. The van der Waals surface area contributed by atoms with Crippen molar-refractivity contribution in [2.24, 2.45) is 16.1 Å². The third-order valence-corrected chi connectivity index (χ3v) is 5.01. The molecule has 22 heavy (non-hydrogen) atoms. The molecule has 0 heterocycles. The van der Waals surface area contributed by atoms with E-state index in [2.05, 4.69) is 31.3 Å². The predicted octanol–water partition coefficient (Wildman–Crippen LogP) is 3.69. The van der Waals surface area contributed by atoms with Crippen LogP contribution in [-0.4, -0.2) is 24.7 Å². The summed E-state index contributed by atoms with van der Waals surface area (Å²) in [7, 11) is 0. The minimum absolute atomic E-state index is 0. The number of halogens is 1. The maximum absolute atomic E-state index is 6.07. The first-order valence-electron chi connectivity index (χ1n) is 7.92. The molecular formula is C17H26IN3O. The molecule has 2 unspecified atom stereocenters. The number of nitrogens with two attached hydrogens (primary N) is 1. The lowest BCUT2D eigenvalue weighted by molar-refractivity contribution is -0.162. The number of anilines is 1. The van der Waals surface area contributed by atoms with Crippen LogP contribution in [0.2, 0.25) is 0 Å². The summed E-state index contributed by atoms with van der Waals surface area (Å²) < 4.78 is 5.85. The highest BCUT2D eigenvalue weighted by Crippen LogP contribution is 2.58. The van der Waals surface area contributed by atoms with Gasteiger partial charge in [0.05, 0.1) is 12.1 Å². The van der Waals surface area contributed by atoms with Crippen LogP contribution in [-0.2, 0) is 4.74 Å². The van der Waals surface area contributed by atoms with Crippen molar-refractivity contribution in [3.05, 3.63) is 29.8 Å². The number of rotatable bonds is 4. The van der Waals surface area contributed by atoms with Gasteiger partial charge in [-0.1, -0.05) is 24.1 Å². The Hall–Kier alpha value is -0.820. The summed E-state index contributed by atoms with van der Waals surface area (Å²) in [6.45, 7) is 4.93. The van der Waals surface area contributed by atoms with Gasteiger partial charge >= 0.3 is 0 Å². The van der Waals surface area contributed by atoms with Crippen molar-refractivity contribution in [3.63, 3.8) is 0 Å². The first-order valence-corrected chi connectivity index (χ1v) is 7.92. The lowest BCUT2D eigenvalue weighted by atomic mass is 9.51. The van der Waals surface area contributed by atoms with Crippen LogP contribution in [0.5, 0.6) is 0 Å². The van der Waals surface area contributed by atoms with Gasteiger partial charge in [-0.05, 0) is 45.2 Å². The number of ether oxygens (including phenoxy) is 1. The lowest BCUT2D eigenvalue weighted by Crippen LogP contribution is -2.61. The topological polar surface area (TPSA) is 59.6 Å². The van der Waals surface area contributed by atoms with Gasteiger partial charge in [0.1, 0.15) is 0 Å². The molecular weight excluding hydrogens is 389 g/mol. The molecule has 0 aromatic heterocycles. The van der Waals surface area contributed by atoms with Crippen LogP contribution >= 0.6 is 24.0 Å². The van der Waals surface area contributed by atoms with E-state index in [-0.39, 0.29) is 29.4 Å². The molecule has 3 N–H and O–H groups in total. The minimum Gasteiger partial charge on any atom is -0.378 e. The third-order valence-electron chi connectivity index (χ3n) is 5.01. The van der Waals surface area contributed by atoms with Gasteiger partial charge in [-0.2, -0.15) is 0 Å². The van der Waals surface area contributed by atoms with Crippen molar-refractivity contribution < 1.29 is 4.74 Å². The van der Waals surface area contributed by atoms with Crippen LogP contribution in [0.4, 0.5) is 5.69 Å². The van der Waals surface area contributed by atoms with E-state index in [1.165, 1.54) is 24.8 Å². The molecule has 0 aliphatic heterocycles. The second-order valence-corrected chi connectivity index (χ2v) is 6.29. The molecule has 2 aliphatic rings. The van der Waals surface area contributed by atoms with Gasteiger partial charge in [-0.15, -0.1) is 24.0 Å². The molecule has 0 saturated heterocycles.